The Hall–Kier alpha value is -1.97. The van der Waals surface area contributed by atoms with Crippen molar-refractivity contribution in [2.45, 2.75) is 30.7 Å². The molecule has 0 aromatic heterocycles. The summed E-state index contributed by atoms with van der Waals surface area (Å²) in [5.74, 6) is -1.67. The highest BCUT2D eigenvalue weighted by Gasteiger charge is 2.20. The minimum Gasteiger partial charge on any atom is -0.480 e. The lowest BCUT2D eigenvalue weighted by Gasteiger charge is -2.13. The zero-order valence-corrected chi connectivity index (χ0v) is 14.4. The van der Waals surface area contributed by atoms with E-state index in [1.165, 1.54) is 31.4 Å². The fourth-order valence-corrected chi connectivity index (χ4v) is 2.95. The minimum atomic E-state index is -3.68. The molecule has 0 saturated heterocycles. The van der Waals surface area contributed by atoms with Gasteiger partial charge in [-0.2, -0.15) is 0 Å². The number of sulfonamides is 1. The fourth-order valence-electron chi connectivity index (χ4n) is 1.93. The number of amides is 1. The summed E-state index contributed by atoms with van der Waals surface area (Å²) in [6, 6.07) is 4.29. The van der Waals surface area contributed by atoms with Crippen LogP contribution in [-0.2, 0) is 19.6 Å². The van der Waals surface area contributed by atoms with E-state index in [1.54, 1.807) is 0 Å². The molecule has 0 fully saturated rings. The van der Waals surface area contributed by atoms with Crippen LogP contribution in [0.5, 0.6) is 0 Å². The lowest BCUT2D eigenvalue weighted by Crippen LogP contribution is -2.40. The van der Waals surface area contributed by atoms with Crippen molar-refractivity contribution in [3.05, 3.63) is 29.8 Å². The molecule has 1 amide bonds. The van der Waals surface area contributed by atoms with Crippen molar-refractivity contribution < 1.29 is 27.9 Å². The largest absolute Gasteiger partial charge is 0.480 e. The van der Waals surface area contributed by atoms with Crippen molar-refractivity contribution in [2.75, 3.05) is 20.3 Å². The number of benzene rings is 1. The summed E-state index contributed by atoms with van der Waals surface area (Å²) in [5, 5.41) is 11.5. The predicted molar refractivity (Wildman–Crippen MR) is 87.3 cm³/mol. The number of rotatable bonds is 10. The van der Waals surface area contributed by atoms with E-state index in [-0.39, 0.29) is 23.6 Å². The third-order valence-corrected chi connectivity index (χ3v) is 4.68. The molecule has 3 N–H and O–H groups in total. The number of hydrogen-bond donors (Lipinski definition) is 3. The maximum atomic E-state index is 12.1. The number of carbonyl (C=O) groups excluding carboxylic acids is 1. The number of carboxylic acid groups (broad SMARTS) is 1. The SMILES string of the molecule is CCCC(NC(=O)c1ccc(S(=O)(=O)NCCOC)cc1)C(=O)O. The molecule has 0 aliphatic rings. The van der Waals surface area contributed by atoms with Crippen molar-refractivity contribution in [3.8, 4) is 0 Å². The quantitative estimate of drug-likeness (QED) is 0.526. The predicted octanol–water partition coefficient (Wildman–Crippen LogP) is 0.594. The molecular formula is C15H22N2O6S. The Morgan fingerprint density at radius 3 is 2.38 bits per heavy atom. The molecule has 0 heterocycles. The average molecular weight is 358 g/mol. The fraction of sp³-hybridized carbons (Fsp3) is 0.467. The zero-order valence-electron chi connectivity index (χ0n) is 13.6. The Balaban J connectivity index is 2.79. The van der Waals surface area contributed by atoms with Crippen LogP contribution in [-0.4, -0.2) is 51.7 Å². The number of aliphatic carboxylic acids is 1. The van der Waals surface area contributed by atoms with E-state index in [0.717, 1.165) is 0 Å². The molecule has 0 saturated carbocycles. The van der Waals surface area contributed by atoms with Crippen molar-refractivity contribution in [1.82, 2.24) is 10.0 Å². The van der Waals surface area contributed by atoms with E-state index in [9.17, 15) is 18.0 Å². The standard InChI is InChI=1S/C15H22N2O6S/c1-3-4-13(15(19)20)17-14(18)11-5-7-12(8-6-11)24(21,22)16-9-10-23-2/h5-8,13,16H,3-4,9-10H2,1-2H3,(H,17,18)(H,19,20). The molecule has 1 aromatic carbocycles. The second kappa shape index (κ2) is 9.36. The van der Waals surface area contributed by atoms with Crippen LogP contribution in [0.3, 0.4) is 0 Å². The normalized spacial score (nSPS) is 12.6. The first-order valence-corrected chi connectivity index (χ1v) is 8.92. The number of nitrogens with one attached hydrogen (secondary N) is 2. The van der Waals surface area contributed by atoms with Gasteiger partial charge in [0.15, 0.2) is 0 Å². The monoisotopic (exact) mass is 358 g/mol. The molecule has 8 nitrogen and oxygen atoms in total. The Labute approximate surface area is 141 Å². The van der Waals surface area contributed by atoms with E-state index >= 15 is 0 Å². The van der Waals surface area contributed by atoms with Gasteiger partial charge in [0.25, 0.3) is 5.91 Å². The third-order valence-electron chi connectivity index (χ3n) is 3.21. The second-order valence-corrected chi connectivity index (χ2v) is 6.83. The lowest BCUT2D eigenvalue weighted by molar-refractivity contribution is -0.139. The first-order valence-electron chi connectivity index (χ1n) is 7.44. The number of ether oxygens (including phenoxy) is 1. The van der Waals surface area contributed by atoms with Crippen molar-refractivity contribution in [1.29, 1.82) is 0 Å². The molecule has 0 radical (unpaired) electrons. The molecule has 0 aliphatic heterocycles. The summed E-state index contributed by atoms with van der Waals surface area (Å²) >= 11 is 0. The Morgan fingerprint density at radius 1 is 1.25 bits per heavy atom. The van der Waals surface area contributed by atoms with Crippen LogP contribution in [0.25, 0.3) is 0 Å². The summed E-state index contributed by atoms with van der Waals surface area (Å²) in [7, 11) is -2.21. The van der Waals surface area contributed by atoms with E-state index in [4.69, 9.17) is 9.84 Å². The van der Waals surface area contributed by atoms with Gasteiger partial charge in [0.1, 0.15) is 6.04 Å². The van der Waals surface area contributed by atoms with Crippen LogP contribution >= 0.6 is 0 Å². The second-order valence-electron chi connectivity index (χ2n) is 5.07. The molecule has 134 valence electrons. The van der Waals surface area contributed by atoms with Crippen LogP contribution in [0.2, 0.25) is 0 Å². The Morgan fingerprint density at radius 2 is 1.88 bits per heavy atom. The molecule has 1 unspecified atom stereocenters. The van der Waals surface area contributed by atoms with Crippen LogP contribution in [0.1, 0.15) is 30.1 Å². The molecule has 1 atom stereocenters. The Bertz CT molecular complexity index is 657. The highest BCUT2D eigenvalue weighted by atomic mass is 32.2. The molecule has 1 rings (SSSR count). The number of methoxy groups -OCH3 is 1. The van der Waals surface area contributed by atoms with Crippen LogP contribution in [0.15, 0.2) is 29.2 Å². The summed E-state index contributed by atoms with van der Waals surface area (Å²) in [6.45, 7) is 2.20. The lowest BCUT2D eigenvalue weighted by atomic mass is 10.1. The van der Waals surface area contributed by atoms with Gasteiger partial charge in [0.05, 0.1) is 11.5 Å². The molecular weight excluding hydrogens is 336 g/mol. The van der Waals surface area contributed by atoms with E-state index in [1.807, 2.05) is 6.92 Å². The smallest absolute Gasteiger partial charge is 0.326 e. The van der Waals surface area contributed by atoms with Gasteiger partial charge in [-0.25, -0.2) is 17.9 Å². The average Bonchev–Trinajstić information content (AvgIpc) is 2.54. The Kier molecular flexibility index (Phi) is 7.83. The highest BCUT2D eigenvalue weighted by Crippen LogP contribution is 2.11. The van der Waals surface area contributed by atoms with Crippen LogP contribution in [0.4, 0.5) is 0 Å². The summed E-state index contributed by atoms with van der Waals surface area (Å²) in [6.07, 6.45) is 0.929. The van der Waals surface area contributed by atoms with Gasteiger partial charge in [0.2, 0.25) is 10.0 Å². The first kappa shape index (κ1) is 20.1. The van der Waals surface area contributed by atoms with Gasteiger partial charge >= 0.3 is 5.97 Å². The molecule has 9 heteroatoms. The van der Waals surface area contributed by atoms with E-state index in [0.29, 0.717) is 12.8 Å². The van der Waals surface area contributed by atoms with E-state index < -0.39 is 27.9 Å². The van der Waals surface area contributed by atoms with Crippen LogP contribution in [0, 0.1) is 0 Å². The van der Waals surface area contributed by atoms with Gasteiger partial charge in [-0.15, -0.1) is 0 Å². The number of hydrogen-bond acceptors (Lipinski definition) is 5. The molecule has 0 bridgehead atoms. The molecule has 0 spiro atoms. The van der Waals surface area contributed by atoms with Crippen molar-refractivity contribution in [2.24, 2.45) is 0 Å². The zero-order chi connectivity index (χ0) is 18.2. The summed E-state index contributed by atoms with van der Waals surface area (Å²) in [5.41, 5.74) is 0.188. The first-order chi connectivity index (χ1) is 11.3. The van der Waals surface area contributed by atoms with Gasteiger partial charge in [-0.1, -0.05) is 13.3 Å². The van der Waals surface area contributed by atoms with Crippen molar-refractivity contribution >= 4 is 21.9 Å². The number of carbonyl (C=O) groups is 2. The van der Waals surface area contributed by atoms with Gasteiger partial charge in [0, 0.05) is 19.2 Å². The molecule has 0 aliphatic carbocycles. The third kappa shape index (κ3) is 5.91. The topological polar surface area (TPSA) is 122 Å². The maximum absolute atomic E-state index is 12.1. The molecule has 24 heavy (non-hydrogen) atoms. The number of carboxylic acids is 1. The van der Waals surface area contributed by atoms with Gasteiger partial charge in [-0.3, -0.25) is 4.79 Å². The summed E-state index contributed by atoms with van der Waals surface area (Å²) < 4.78 is 31.1. The van der Waals surface area contributed by atoms with Crippen LogP contribution < -0.4 is 10.0 Å². The highest BCUT2D eigenvalue weighted by molar-refractivity contribution is 7.89. The van der Waals surface area contributed by atoms with Gasteiger partial charge in [-0.05, 0) is 30.7 Å². The minimum absolute atomic E-state index is 0.0125. The maximum Gasteiger partial charge on any atom is 0.326 e. The molecule has 1 aromatic rings. The van der Waals surface area contributed by atoms with Crippen molar-refractivity contribution in [3.63, 3.8) is 0 Å². The van der Waals surface area contributed by atoms with Gasteiger partial charge < -0.3 is 15.2 Å². The van der Waals surface area contributed by atoms with E-state index in [2.05, 4.69) is 10.0 Å². The summed E-state index contributed by atoms with van der Waals surface area (Å²) in [4.78, 5) is 23.1.